The van der Waals surface area contributed by atoms with Crippen molar-refractivity contribution in [3.05, 3.63) is 230 Å². The molecular formula is C67H57F18IN4O5. The van der Waals surface area contributed by atoms with Gasteiger partial charge in [0.2, 0.25) is 0 Å². The van der Waals surface area contributed by atoms with Gasteiger partial charge in [-0.25, -0.2) is 4.79 Å². The predicted octanol–water partition coefficient (Wildman–Crippen LogP) is 16.9. The van der Waals surface area contributed by atoms with Gasteiger partial charge in [-0.15, -0.1) is 0 Å². The summed E-state index contributed by atoms with van der Waals surface area (Å²) < 4.78 is 223. The quantitative estimate of drug-likeness (QED) is 0.0474. The molecule has 6 aromatic carbocycles. The monoisotopic (exact) mass is 1470 g/mol. The van der Waals surface area contributed by atoms with Gasteiger partial charge >= 0.3 is 43.0 Å². The van der Waals surface area contributed by atoms with E-state index in [1.165, 1.54) is 80.7 Å². The molecule has 2 unspecified atom stereocenters. The standard InChI is InChI=1S/C13H12F3NO2.2C12H12F3N.C12H9F3O.C11H7F3O2.C7H5F3IN/c1-17(7-18)12(19)10-4-8-2-3-11(13(14,15)16)6-9(8)5-10;3*1-7(16)9-4-8-2-3-11(12(13,14)15)6-10(8)5-9;12-11(13,14)9-2-1-6-3-8(10(15)16)4-7(6)5-9;8-7(9,10)4-1-2-6(12)5(11)3-4/h2-3,5-6,18H,4,7H2,1H3;2*2-3,5-7H,4,16H2,1H3;2-3,5-6H,4H2,1H3;1-2,4-5H,3H2,(H,15,16);1-3H,12H2. The molecule has 0 bridgehead atoms. The number of anilines is 1. The molecule has 0 fully saturated rings. The van der Waals surface area contributed by atoms with Crippen molar-refractivity contribution in [1.29, 1.82) is 0 Å². The Morgan fingerprint density at radius 3 is 0.989 bits per heavy atom. The van der Waals surface area contributed by atoms with Crippen molar-refractivity contribution >= 4 is 76.3 Å². The number of carboxylic acid groups (broad SMARTS) is 1. The number of benzene rings is 6. The number of aliphatic hydroxyl groups is 1. The van der Waals surface area contributed by atoms with Crippen LogP contribution in [-0.2, 0) is 83.5 Å². The number of allylic oxidation sites excluding steroid dienone is 1. The summed E-state index contributed by atoms with van der Waals surface area (Å²) in [5.41, 5.74) is 22.6. The maximum absolute atomic E-state index is 12.6. The Hall–Kier alpha value is -8.22. The zero-order chi connectivity index (χ0) is 71.2. The van der Waals surface area contributed by atoms with Gasteiger partial charge in [-0.3, -0.25) is 9.59 Å². The predicted molar refractivity (Wildman–Crippen MR) is 330 cm³/mol. The number of aliphatic carboxylic acids is 1. The van der Waals surface area contributed by atoms with Gasteiger partial charge < -0.3 is 32.3 Å². The Morgan fingerprint density at radius 2 is 0.705 bits per heavy atom. The number of nitrogen functional groups attached to an aromatic ring is 1. The lowest BCUT2D eigenvalue weighted by molar-refractivity contribution is -0.138. The first-order chi connectivity index (χ1) is 43.7. The van der Waals surface area contributed by atoms with Crippen molar-refractivity contribution in [3.63, 3.8) is 0 Å². The SMILES string of the molecule is CC(=O)C1=Cc2cc(C(F)(F)F)ccc2C1.CC(N)C1=Cc2cc(C(F)(F)F)ccc2C1.CC(N)C1=Cc2cc(C(F)(F)F)ccc2C1.CN(CO)C(=O)C1=Cc2cc(C(F)(F)F)ccc2C1.Nc1ccc(C(F)(F)F)cc1I.O=C(O)C1=Cc2cc(C(F)(F)F)ccc2C1. The van der Waals surface area contributed by atoms with E-state index in [9.17, 15) is 93.4 Å². The second-order valence-corrected chi connectivity index (χ2v) is 23.4. The highest BCUT2D eigenvalue weighted by Crippen LogP contribution is 2.40. The zero-order valence-electron chi connectivity index (χ0n) is 50.2. The minimum Gasteiger partial charge on any atom is -0.478 e. The average molecular weight is 1470 g/mol. The Bertz CT molecular complexity index is 3860. The molecular weight excluding hydrogens is 1410 g/mol. The molecule has 6 aromatic rings. The number of nitrogens with zero attached hydrogens (tertiary/aromatic N) is 1. The number of carboxylic acids is 1. The molecule has 9 nitrogen and oxygen atoms in total. The topological polar surface area (TPSA) is 173 Å². The van der Waals surface area contributed by atoms with Gasteiger partial charge in [-0.2, -0.15) is 79.0 Å². The Balaban J connectivity index is 0.000000181. The first-order valence-electron chi connectivity index (χ1n) is 28.0. The number of hydrogen-bond acceptors (Lipinski definition) is 7. The third kappa shape index (κ3) is 20.4. The molecule has 5 aliphatic carbocycles. The van der Waals surface area contributed by atoms with Crippen LogP contribution in [0.1, 0.15) is 110 Å². The fourth-order valence-electron chi connectivity index (χ4n) is 9.70. The van der Waals surface area contributed by atoms with Gasteiger partial charge in [0, 0.05) is 58.8 Å². The number of carbonyl (C=O) groups excluding carboxylic acids is 2. The van der Waals surface area contributed by atoms with E-state index in [1.54, 1.807) is 34.7 Å². The molecule has 8 N–H and O–H groups in total. The van der Waals surface area contributed by atoms with Crippen LogP contribution in [0.25, 0.3) is 30.4 Å². The van der Waals surface area contributed by atoms with Crippen LogP contribution in [0.5, 0.6) is 0 Å². The van der Waals surface area contributed by atoms with Crippen LogP contribution in [0, 0.1) is 3.57 Å². The Kier molecular flexibility index (Phi) is 23.8. The van der Waals surface area contributed by atoms with Crippen LogP contribution < -0.4 is 17.2 Å². The summed E-state index contributed by atoms with van der Waals surface area (Å²) in [6.07, 6.45) is -16.0. The van der Waals surface area contributed by atoms with Crippen LogP contribution in [0.2, 0.25) is 0 Å². The highest BCUT2D eigenvalue weighted by Gasteiger charge is 2.37. The van der Waals surface area contributed by atoms with E-state index >= 15 is 0 Å². The van der Waals surface area contributed by atoms with Crippen molar-refractivity contribution in [1.82, 2.24) is 4.90 Å². The lowest BCUT2D eigenvalue weighted by Gasteiger charge is -2.13. The van der Waals surface area contributed by atoms with E-state index in [4.69, 9.17) is 27.4 Å². The first-order valence-corrected chi connectivity index (χ1v) is 29.1. The number of likely N-dealkylation sites (N-methyl/N-ethyl adjacent to an activating group) is 1. The van der Waals surface area contributed by atoms with Crippen LogP contribution >= 0.6 is 22.6 Å². The molecule has 0 radical (unpaired) electrons. The second-order valence-electron chi connectivity index (χ2n) is 22.2. The number of rotatable bonds is 6. The number of halogens is 19. The molecule has 2 atom stereocenters. The Morgan fingerprint density at radius 1 is 0.442 bits per heavy atom. The van der Waals surface area contributed by atoms with Crippen LogP contribution in [0.3, 0.4) is 0 Å². The van der Waals surface area contributed by atoms with E-state index in [1.807, 2.05) is 13.8 Å². The van der Waals surface area contributed by atoms with Crippen molar-refractivity contribution in [2.24, 2.45) is 11.5 Å². The first kappa shape index (κ1) is 75.8. The molecule has 5 aliphatic rings. The van der Waals surface area contributed by atoms with Crippen LogP contribution in [0.4, 0.5) is 84.7 Å². The van der Waals surface area contributed by atoms with Gasteiger partial charge in [-0.1, -0.05) is 42.5 Å². The van der Waals surface area contributed by atoms with Gasteiger partial charge in [0.25, 0.3) is 5.91 Å². The molecule has 508 valence electrons. The van der Waals surface area contributed by atoms with Crippen molar-refractivity contribution in [2.45, 2.75) is 102 Å². The molecule has 0 saturated heterocycles. The summed E-state index contributed by atoms with van der Waals surface area (Å²) in [6, 6.07) is 21.0. The maximum Gasteiger partial charge on any atom is 0.416 e. The average Bonchev–Trinajstić information content (AvgIpc) is 1.74. The highest BCUT2D eigenvalue weighted by atomic mass is 127. The fourth-order valence-corrected chi connectivity index (χ4v) is 10.2. The van der Waals surface area contributed by atoms with Gasteiger partial charge in [0.1, 0.15) is 6.73 Å². The normalized spacial score (nSPS) is 14.9. The lowest BCUT2D eigenvalue weighted by Crippen LogP contribution is -2.28. The van der Waals surface area contributed by atoms with Crippen LogP contribution in [-0.4, -0.2) is 58.6 Å². The van der Waals surface area contributed by atoms with Crippen molar-refractivity contribution in [2.75, 3.05) is 19.5 Å². The summed E-state index contributed by atoms with van der Waals surface area (Å²) in [5.74, 6) is -1.57. The number of Topliss-reactive ketones (excluding diaryl/α,β-unsaturated/α-hetero) is 1. The molecule has 0 heterocycles. The van der Waals surface area contributed by atoms with Gasteiger partial charge in [0.15, 0.2) is 5.78 Å². The molecule has 95 heavy (non-hydrogen) atoms. The number of carbonyl (C=O) groups is 3. The minimum absolute atomic E-state index is 0.0928. The highest BCUT2D eigenvalue weighted by molar-refractivity contribution is 14.1. The molecule has 0 spiro atoms. The number of amides is 1. The molecule has 1 amide bonds. The van der Waals surface area contributed by atoms with Crippen LogP contribution in [0.15, 0.2) is 137 Å². The number of ketones is 1. The number of nitrogens with two attached hydrogens (primary N) is 3. The lowest BCUT2D eigenvalue weighted by atomic mass is 10.0. The number of alkyl halides is 18. The van der Waals surface area contributed by atoms with Crippen molar-refractivity contribution in [3.8, 4) is 0 Å². The third-order valence-electron chi connectivity index (χ3n) is 15.0. The Labute approximate surface area is 545 Å². The summed E-state index contributed by atoms with van der Waals surface area (Å²) in [5, 5.41) is 17.6. The van der Waals surface area contributed by atoms with E-state index in [0.717, 1.165) is 93.4 Å². The minimum atomic E-state index is -4.39. The largest absolute Gasteiger partial charge is 0.478 e. The molecule has 28 heteroatoms. The van der Waals surface area contributed by atoms with E-state index in [0.29, 0.717) is 78.6 Å². The number of hydrogen-bond donors (Lipinski definition) is 5. The maximum atomic E-state index is 12.6. The third-order valence-corrected chi connectivity index (χ3v) is 16.0. The summed E-state index contributed by atoms with van der Waals surface area (Å²) >= 11 is 1.76. The smallest absolute Gasteiger partial charge is 0.416 e. The summed E-state index contributed by atoms with van der Waals surface area (Å²) in [4.78, 5) is 34.7. The molecule has 0 aromatic heterocycles. The second kappa shape index (κ2) is 29.8. The zero-order valence-corrected chi connectivity index (χ0v) is 52.3. The van der Waals surface area contributed by atoms with E-state index < -0.39 is 83.1 Å². The van der Waals surface area contributed by atoms with Crippen molar-refractivity contribution < 1.29 is 104 Å². The van der Waals surface area contributed by atoms with E-state index in [-0.39, 0.29) is 42.2 Å². The van der Waals surface area contributed by atoms with Gasteiger partial charge in [0.05, 0.1) is 33.4 Å². The van der Waals surface area contributed by atoms with Gasteiger partial charge in [-0.05, 0) is 226 Å². The molecule has 11 rings (SSSR count). The summed E-state index contributed by atoms with van der Waals surface area (Å²) in [7, 11) is 1.42. The number of aliphatic hydroxyl groups excluding tert-OH is 1. The molecule has 0 aliphatic heterocycles. The fraction of sp³-hybridized carbons (Fsp3) is 0.269. The van der Waals surface area contributed by atoms with E-state index in [2.05, 4.69) is 0 Å². The molecule has 0 saturated carbocycles. The summed E-state index contributed by atoms with van der Waals surface area (Å²) in [6.45, 7) is 4.66. The number of fused-ring (bicyclic) bond motifs is 5.